The minimum atomic E-state index is -4.84. The summed E-state index contributed by atoms with van der Waals surface area (Å²) in [6, 6.07) is 0. The molecule has 0 bridgehead atoms. The van der Waals surface area contributed by atoms with E-state index in [9.17, 15) is 19.2 Å². The number of carbonyl (C=O) groups excluding carboxylic acids is 4. The topological polar surface area (TPSA) is 105 Å². The molecular weight excluding hydrogens is 441 g/mol. The minimum absolute atomic E-state index is 0.152. The van der Waals surface area contributed by atoms with Crippen molar-refractivity contribution in [1.82, 2.24) is 0 Å². The molecule has 0 fully saturated rings. The van der Waals surface area contributed by atoms with E-state index in [0.717, 1.165) is 0 Å². The molecule has 0 aromatic carbocycles. The third kappa shape index (κ3) is 12.5. The summed E-state index contributed by atoms with van der Waals surface area (Å²) in [5.41, 5.74) is 0. The van der Waals surface area contributed by atoms with E-state index in [2.05, 4.69) is 0 Å². The van der Waals surface area contributed by atoms with Crippen LogP contribution >= 0.6 is 0 Å². The Bertz CT molecular complexity index is 653. The molecule has 0 unspecified atom stereocenters. The zero-order valence-electron chi connectivity index (χ0n) is 18.1. The molecule has 0 aliphatic rings. The van der Waals surface area contributed by atoms with Gasteiger partial charge in [0.05, 0.1) is 0 Å². The maximum absolute atomic E-state index is 11.4. The van der Waals surface area contributed by atoms with Crippen LogP contribution in [0, 0.1) is 0 Å². The second-order valence-electron chi connectivity index (χ2n) is 6.37. The average Bonchev–Trinajstić information content (AvgIpc) is 2.41. The Morgan fingerprint density at radius 3 is 0.759 bits per heavy atom. The van der Waals surface area contributed by atoms with Gasteiger partial charge in [-0.1, -0.05) is 0 Å². The Morgan fingerprint density at radius 2 is 0.621 bits per heavy atom. The molecule has 0 radical (unpaired) electrons. The molecule has 0 saturated heterocycles. The van der Waals surface area contributed by atoms with E-state index in [1.54, 1.807) is 0 Å². The molecule has 160 valence electrons. The summed E-state index contributed by atoms with van der Waals surface area (Å²) < 4.78 is 23.2. The van der Waals surface area contributed by atoms with Gasteiger partial charge < -0.3 is 0 Å². The van der Waals surface area contributed by atoms with Crippen LogP contribution in [-0.4, -0.2) is 37.7 Å². The molecule has 8 nitrogen and oxygen atoms in total. The van der Waals surface area contributed by atoms with Crippen LogP contribution in [0.2, 0.25) is 0 Å². The monoisotopic (exact) mass is 470 g/mol. The van der Waals surface area contributed by atoms with Crippen LogP contribution in [0.4, 0.5) is 0 Å². The van der Waals surface area contributed by atoms with E-state index >= 15 is 0 Å². The molecule has 29 heavy (non-hydrogen) atoms. The molecule has 9 heteroatoms. The maximum atomic E-state index is 11.4. The summed E-state index contributed by atoms with van der Waals surface area (Å²) in [5.74, 6) is -0.496. The Morgan fingerprint density at radius 1 is 0.448 bits per heavy atom. The van der Waals surface area contributed by atoms with Crippen LogP contribution in [0.25, 0.3) is 0 Å². The van der Waals surface area contributed by atoms with Crippen molar-refractivity contribution < 1.29 is 34.2 Å². The number of allylic oxidation sites excluding steroid dienone is 8. The first kappa shape index (κ1) is 26.4. The molecule has 0 atom stereocenters. The van der Waals surface area contributed by atoms with Crippen molar-refractivity contribution in [3.05, 3.63) is 47.3 Å². The van der Waals surface area contributed by atoms with Crippen molar-refractivity contribution in [3.8, 4) is 0 Å². The zero-order valence-corrected chi connectivity index (χ0v) is 20.2. The molecule has 0 aromatic rings. The summed E-state index contributed by atoms with van der Waals surface area (Å²) in [5, 5.41) is 0. The Balaban J connectivity index is 6.40. The summed E-state index contributed by atoms with van der Waals surface area (Å²) in [6.45, 7) is 11.4. The van der Waals surface area contributed by atoms with E-state index in [0.29, 0.717) is 0 Å². The molecule has 0 aliphatic heterocycles. The van der Waals surface area contributed by atoms with E-state index in [1.807, 2.05) is 0 Å². The van der Waals surface area contributed by atoms with Crippen LogP contribution in [0.1, 0.15) is 55.4 Å². The van der Waals surface area contributed by atoms with Crippen LogP contribution in [0.3, 0.4) is 0 Å². The normalized spacial score (nSPS) is 13.5. The second kappa shape index (κ2) is 12.1. The second-order valence-corrected chi connectivity index (χ2v) is 10.2. The Kier molecular flexibility index (Phi) is 11.0. The molecule has 0 heterocycles. The first-order chi connectivity index (χ1) is 13.2. The predicted octanol–water partition coefficient (Wildman–Crippen LogP) is 3.46. The number of hydrogen-bond acceptors (Lipinski definition) is 8. The van der Waals surface area contributed by atoms with E-state index < -0.39 is 14.6 Å². The fourth-order valence-electron chi connectivity index (χ4n) is 2.18. The SMILES string of the molecule is CC(=O)/C=C(/C)[O][Ge]([O]/C(C)=C\C(C)=O)([O]/C(C)=C/C(C)=O)[O]/C(C)=C/C(C)=O. The van der Waals surface area contributed by atoms with Gasteiger partial charge in [0.15, 0.2) is 0 Å². The molecular formula is C20H28GeO8. The molecule has 0 spiro atoms. The van der Waals surface area contributed by atoms with Crippen LogP contribution in [-0.2, 0) is 34.2 Å². The van der Waals surface area contributed by atoms with E-state index in [-0.39, 0.29) is 46.2 Å². The van der Waals surface area contributed by atoms with Crippen molar-refractivity contribution in [2.75, 3.05) is 0 Å². The standard InChI is InChI=1S/C20H28GeO8/c1-13(22)9-17(5)26-21(27-18(6)10-14(2)23,28-19(7)11-15(3)24)29-20(8)12-16(4)25/h9-12H,1-8H3/b17-9-,18-10-,19-11+,20-12+. The van der Waals surface area contributed by atoms with Crippen LogP contribution in [0.5, 0.6) is 0 Å². The number of rotatable bonds is 12. The first-order valence-electron chi connectivity index (χ1n) is 8.76. The van der Waals surface area contributed by atoms with Crippen LogP contribution in [0.15, 0.2) is 47.3 Å². The fourth-order valence-corrected chi connectivity index (χ4v) is 6.50. The molecule has 0 rings (SSSR count). The molecule has 0 N–H and O–H groups in total. The van der Waals surface area contributed by atoms with Gasteiger partial charge in [0.2, 0.25) is 0 Å². The fraction of sp³-hybridized carbons (Fsp3) is 0.400. The van der Waals surface area contributed by atoms with Crippen molar-refractivity contribution in [1.29, 1.82) is 0 Å². The van der Waals surface area contributed by atoms with Gasteiger partial charge in [-0.25, -0.2) is 0 Å². The van der Waals surface area contributed by atoms with Gasteiger partial charge in [-0.3, -0.25) is 0 Å². The van der Waals surface area contributed by atoms with Crippen molar-refractivity contribution in [2.45, 2.75) is 55.4 Å². The van der Waals surface area contributed by atoms with Gasteiger partial charge >= 0.3 is 175 Å². The van der Waals surface area contributed by atoms with Gasteiger partial charge in [0, 0.05) is 0 Å². The number of hydrogen-bond donors (Lipinski definition) is 0. The average molecular weight is 469 g/mol. The first-order valence-corrected chi connectivity index (χ1v) is 12.2. The number of carbonyl (C=O) groups is 4. The zero-order chi connectivity index (χ0) is 22.8. The van der Waals surface area contributed by atoms with Gasteiger partial charge in [-0.05, 0) is 0 Å². The number of ketones is 4. The van der Waals surface area contributed by atoms with Crippen LogP contribution < -0.4 is 0 Å². The third-order valence-corrected chi connectivity index (χ3v) is 7.57. The summed E-state index contributed by atoms with van der Waals surface area (Å²) in [6.07, 6.45) is 4.87. The Labute approximate surface area is 174 Å². The summed E-state index contributed by atoms with van der Waals surface area (Å²) >= 11 is -4.84. The van der Waals surface area contributed by atoms with Gasteiger partial charge in [-0.15, -0.1) is 0 Å². The molecule has 0 aromatic heterocycles. The van der Waals surface area contributed by atoms with Gasteiger partial charge in [0.1, 0.15) is 0 Å². The molecule has 0 saturated carbocycles. The van der Waals surface area contributed by atoms with Crippen molar-refractivity contribution in [2.24, 2.45) is 0 Å². The summed E-state index contributed by atoms with van der Waals surface area (Å²) in [4.78, 5) is 45.7. The quantitative estimate of drug-likeness (QED) is 0.243. The van der Waals surface area contributed by atoms with Crippen molar-refractivity contribution in [3.63, 3.8) is 0 Å². The van der Waals surface area contributed by atoms with E-state index in [4.69, 9.17) is 15.1 Å². The molecule has 0 amide bonds. The molecule has 0 aliphatic carbocycles. The van der Waals surface area contributed by atoms with Crippen molar-refractivity contribution >= 4 is 37.7 Å². The predicted molar refractivity (Wildman–Crippen MR) is 108 cm³/mol. The van der Waals surface area contributed by atoms with Gasteiger partial charge in [0.25, 0.3) is 0 Å². The summed E-state index contributed by atoms with van der Waals surface area (Å²) in [7, 11) is 0. The van der Waals surface area contributed by atoms with E-state index in [1.165, 1.54) is 79.7 Å². The third-order valence-electron chi connectivity index (χ3n) is 2.77. The van der Waals surface area contributed by atoms with Gasteiger partial charge in [-0.2, -0.15) is 0 Å². The Hall–Kier alpha value is -2.62.